The molecule has 0 spiro atoms. The second-order valence-corrected chi connectivity index (χ2v) is 7.93. The zero-order chi connectivity index (χ0) is 23.6. The van der Waals surface area contributed by atoms with Gasteiger partial charge in [0.05, 0.1) is 6.04 Å². The summed E-state index contributed by atoms with van der Waals surface area (Å²) in [5, 5.41) is 8.89. The largest absolute Gasteiger partial charge is 0.446 e. The molecular formula is C27H29F2NO3. The minimum absolute atomic E-state index is 0.0924. The first-order valence-electron chi connectivity index (χ1n) is 11.1. The number of nitrogens with zero attached hydrogens (tertiary/aromatic N) is 1. The number of hydrogen-bond acceptors (Lipinski definition) is 3. The fraction of sp³-hybridized carbons (Fsp3) is 0.296. The van der Waals surface area contributed by atoms with Crippen LogP contribution in [0.5, 0.6) is 0 Å². The Labute approximate surface area is 193 Å². The van der Waals surface area contributed by atoms with E-state index >= 15 is 0 Å². The predicted octanol–water partition coefficient (Wildman–Crippen LogP) is 6.36. The van der Waals surface area contributed by atoms with Crippen molar-refractivity contribution in [3.63, 3.8) is 0 Å². The zero-order valence-electron chi connectivity index (χ0n) is 18.7. The van der Waals surface area contributed by atoms with E-state index in [2.05, 4.69) is 0 Å². The normalized spacial score (nSPS) is 16.4. The standard InChI is InChI=1S/C21H23F2NO3.C6H6/c1-14(24-11-10-18(3-2-12-25)27-21(24)26)15-4-6-16(7-5-15)19-9-8-17(22)13-20(19)23;1-2-4-6-5-3-1/h4-9,13-14,18,25H,2-3,10-12H2,1H3;1-6H. The lowest BCUT2D eigenvalue weighted by Crippen LogP contribution is -2.43. The van der Waals surface area contributed by atoms with Gasteiger partial charge in [-0.25, -0.2) is 13.6 Å². The van der Waals surface area contributed by atoms with Gasteiger partial charge in [-0.05, 0) is 43.0 Å². The lowest BCUT2D eigenvalue weighted by atomic mass is 9.99. The molecule has 1 saturated heterocycles. The van der Waals surface area contributed by atoms with Gasteiger partial charge in [-0.1, -0.05) is 60.7 Å². The number of cyclic esters (lactones) is 1. The maximum absolute atomic E-state index is 13.9. The highest BCUT2D eigenvalue weighted by Gasteiger charge is 2.30. The minimum atomic E-state index is -0.609. The summed E-state index contributed by atoms with van der Waals surface area (Å²) < 4.78 is 32.5. The Morgan fingerprint density at radius 2 is 1.67 bits per heavy atom. The number of hydrogen-bond donors (Lipinski definition) is 1. The van der Waals surface area contributed by atoms with Crippen LogP contribution in [-0.4, -0.2) is 35.4 Å². The number of carbonyl (C=O) groups is 1. The number of rotatable bonds is 6. The summed E-state index contributed by atoms with van der Waals surface area (Å²) in [4.78, 5) is 14.0. The molecular weight excluding hydrogens is 424 g/mol. The average Bonchev–Trinajstić information content (AvgIpc) is 2.84. The number of carbonyl (C=O) groups excluding carboxylic acids is 1. The summed E-state index contributed by atoms with van der Waals surface area (Å²) in [6.45, 7) is 2.60. The van der Waals surface area contributed by atoms with E-state index in [1.807, 2.05) is 55.5 Å². The SMILES string of the molecule is CC(c1ccc(-c2ccc(F)cc2F)cc1)N1CCC(CCCO)OC1=O.c1ccccc1. The summed E-state index contributed by atoms with van der Waals surface area (Å²) in [5.41, 5.74) is 1.89. The van der Waals surface area contributed by atoms with Crippen LogP contribution in [0.2, 0.25) is 0 Å². The number of aliphatic hydroxyl groups excluding tert-OH is 1. The van der Waals surface area contributed by atoms with Crippen molar-refractivity contribution in [1.29, 1.82) is 0 Å². The van der Waals surface area contributed by atoms with Crippen LogP contribution in [0, 0.1) is 11.6 Å². The number of aliphatic hydroxyl groups is 1. The number of benzene rings is 3. The Kier molecular flexibility index (Phi) is 8.95. The maximum atomic E-state index is 13.9. The topological polar surface area (TPSA) is 49.8 Å². The first kappa shape index (κ1) is 24.4. The fourth-order valence-corrected chi connectivity index (χ4v) is 3.75. The summed E-state index contributed by atoms with van der Waals surface area (Å²) in [7, 11) is 0. The van der Waals surface area contributed by atoms with Gasteiger partial charge in [-0.2, -0.15) is 0 Å². The van der Waals surface area contributed by atoms with E-state index in [-0.39, 0.29) is 24.8 Å². The summed E-state index contributed by atoms with van der Waals surface area (Å²) >= 11 is 0. The van der Waals surface area contributed by atoms with Crippen molar-refractivity contribution in [2.45, 2.75) is 38.3 Å². The van der Waals surface area contributed by atoms with Gasteiger partial charge < -0.3 is 14.7 Å². The lowest BCUT2D eigenvalue weighted by molar-refractivity contribution is 0.00760. The van der Waals surface area contributed by atoms with Gasteiger partial charge >= 0.3 is 6.09 Å². The van der Waals surface area contributed by atoms with Crippen molar-refractivity contribution in [1.82, 2.24) is 4.90 Å². The van der Waals surface area contributed by atoms with Crippen LogP contribution in [0.3, 0.4) is 0 Å². The quantitative estimate of drug-likeness (QED) is 0.472. The molecule has 6 heteroatoms. The van der Waals surface area contributed by atoms with Gasteiger partial charge in [0.15, 0.2) is 0 Å². The molecule has 4 rings (SSSR count). The number of amides is 1. The number of halogens is 2. The van der Waals surface area contributed by atoms with Crippen molar-refractivity contribution in [3.05, 3.63) is 96.1 Å². The van der Waals surface area contributed by atoms with Crippen molar-refractivity contribution >= 4 is 6.09 Å². The molecule has 1 heterocycles. The van der Waals surface area contributed by atoms with Crippen LogP contribution in [0.15, 0.2) is 78.9 Å². The first-order valence-corrected chi connectivity index (χ1v) is 11.1. The summed E-state index contributed by atoms with van der Waals surface area (Å²) in [5.74, 6) is -1.22. The molecule has 0 saturated carbocycles. The van der Waals surface area contributed by atoms with E-state index in [1.54, 1.807) is 17.0 Å². The molecule has 1 fully saturated rings. The van der Waals surface area contributed by atoms with Crippen LogP contribution in [0.4, 0.5) is 13.6 Å². The first-order chi connectivity index (χ1) is 16.0. The molecule has 1 aliphatic heterocycles. The molecule has 0 aromatic heterocycles. The molecule has 0 radical (unpaired) electrons. The van der Waals surface area contributed by atoms with E-state index in [9.17, 15) is 13.6 Å². The molecule has 1 aliphatic rings. The van der Waals surface area contributed by atoms with Crippen LogP contribution in [0.1, 0.15) is 37.8 Å². The van der Waals surface area contributed by atoms with E-state index in [0.717, 1.165) is 18.1 Å². The maximum Gasteiger partial charge on any atom is 0.410 e. The van der Waals surface area contributed by atoms with Crippen molar-refractivity contribution in [2.75, 3.05) is 13.2 Å². The second-order valence-electron chi connectivity index (χ2n) is 7.93. The third-order valence-electron chi connectivity index (χ3n) is 5.65. The van der Waals surface area contributed by atoms with Gasteiger partial charge in [0.2, 0.25) is 0 Å². The van der Waals surface area contributed by atoms with Gasteiger partial charge in [0, 0.05) is 31.2 Å². The Balaban J connectivity index is 0.000000442. The summed E-state index contributed by atoms with van der Waals surface area (Å²) in [6, 6.07) is 22.5. The molecule has 4 nitrogen and oxygen atoms in total. The predicted molar refractivity (Wildman–Crippen MR) is 125 cm³/mol. The van der Waals surface area contributed by atoms with E-state index in [4.69, 9.17) is 9.84 Å². The molecule has 3 aromatic carbocycles. The third kappa shape index (κ3) is 6.86. The van der Waals surface area contributed by atoms with Gasteiger partial charge in [0.1, 0.15) is 17.7 Å². The van der Waals surface area contributed by atoms with Crippen LogP contribution >= 0.6 is 0 Å². The monoisotopic (exact) mass is 453 g/mol. The third-order valence-corrected chi connectivity index (χ3v) is 5.65. The van der Waals surface area contributed by atoms with E-state index in [0.29, 0.717) is 30.5 Å². The molecule has 3 aromatic rings. The number of ether oxygens (including phenoxy) is 1. The van der Waals surface area contributed by atoms with Crippen molar-refractivity contribution in [2.24, 2.45) is 0 Å². The van der Waals surface area contributed by atoms with E-state index in [1.165, 1.54) is 12.1 Å². The molecule has 1 N–H and O–H groups in total. The smallest absolute Gasteiger partial charge is 0.410 e. The van der Waals surface area contributed by atoms with Gasteiger partial charge in [-0.15, -0.1) is 0 Å². The Morgan fingerprint density at radius 1 is 1.03 bits per heavy atom. The highest BCUT2D eigenvalue weighted by molar-refractivity contribution is 5.69. The lowest BCUT2D eigenvalue weighted by Gasteiger charge is -2.35. The van der Waals surface area contributed by atoms with Gasteiger partial charge in [-0.3, -0.25) is 0 Å². The van der Waals surface area contributed by atoms with Crippen molar-refractivity contribution in [3.8, 4) is 11.1 Å². The highest BCUT2D eigenvalue weighted by atomic mass is 19.1. The van der Waals surface area contributed by atoms with E-state index < -0.39 is 11.6 Å². The van der Waals surface area contributed by atoms with Crippen LogP contribution in [0.25, 0.3) is 11.1 Å². The molecule has 2 unspecified atom stereocenters. The minimum Gasteiger partial charge on any atom is -0.446 e. The Hall–Kier alpha value is -3.25. The second kappa shape index (κ2) is 12.1. The van der Waals surface area contributed by atoms with Gasteiger partial charge in [0.25, 0.3) is 0 Å². The molecule has 33 heavy (non-hydrogen) atoms. The Morgan fingerprint density at radius 3 is 2.21 bits per heavy atom. The molecule has 2 atom stereocenters. The summed E-state index contributed by atoms with van der Waals surface area (Å²) in [6.07, 6.45) is 1.52. The fourth-order valence-electron chi connectivity index (χ4n) is 3.75. The molecule has 1 amide bonds. The average molecular weight is 454 g/mol. The zero-order valence-corrected chi connectivity index (χ0v) is 18.7. The molecule has 0 bridgehead atoms. The Bertz CT molecular complexity index is 985. The molecule has 174 valence electrons. The molecule has 0 aliphatic carbocycles. The van der Waals surface area contributed by atoms with Crippen LogP contribution < -0.4 is 0 Å². The highest BCUT2D eigenvalue weighted by Crippen LogP contribution is 2.29. The van der Waals surface area contributed by atoms with Crippen LogP contribution in [-0.2, 0) is 4.74 Å². The van der Waals surface area contributed by atoms with Crippen molar-refractivity contribution < 1.29 is 23.4 Å².